The summed E-state index contributed by atoms with van der Waals surface area (Å²) in [5.74, 6) is 0.225. The summed E-state index contributed by atoms with van der Waals surface area (Å²) in [5, 5.41) is 12.7. The number of anilines is 2. The number of carbonyl (C=O) groups is 2. The van der Waals surface area contributed by atoms with Crippen molar-refractivity contribution in [3.63, 3.8) is 0 Å². The monoisotopic (exact) mass is 518 g/mol. The Bertz CT molecular complexity index is 1310. The summed E-state index contributed by atoms with van der Waals surface area (Å²) in [4.78, 5) is 36.8. The molecule has 37 heavy (non-hydrogen) atoms. The van der Waals surface area contributed by atoms with E-state index in [1.54, 1.807) is 24.3 Å². The molecule has 9 nitrogen and oxygen atoms in total. The van der Waals surface area contributed by atoms with Crippen molar-refractivity contribution in [2.45, 2.75) is 63.5 Å². The molecule has 10 heteroatoms. The van der Waals surface area contributed by atoms with Crippen LogP contribution in [0, 0.1) is 11.3 Å². The number of hydrogen-bond donors (Lipinski definition) is 2. The standard InChI is InChI=1S/C27H30N6O3S/c1-17(34)30-20-13-11-18(12-14-20)24-22(15-28)25(29)33-26(32-24)37-16-21-9-5-7-19(31-21)8-6-10-23(35)36-27(2,3)4/h5,7,9,11-14H,6,8,10,16H2,1-4H3,(H,30,34)(H2,29,32,33). The number of benzene rings is 1. The Kier molecular flexibility index (Phi) is 9.20. The fourth-order valence-corrected chi connectivity index (χ4v) is 4.21. The van der Waals surface area contributed by atoms with Gasteiger partial charge in [0, 0.05) is 36.0 Å². The van der Waals surface area contributed by atoms with E-state index in [2.05, 4.69) is 26.3 Å². The number of pyridine rings is 1. The van der Waals surface area contributed by atoms with Crippen molar-refractivity contribution >= 4 is 35.1 Å². The van der Waals surface area contributed by atoms with Gasteiger partial charge in [0.1, 0.15) is 23.1 Å². The molecule has 2 heterocycles. The minimum Gasteiger partial charge on any atom is -0.460 e. The normalized spacial score (nSPS) is 11.0. The molecule has 0 spiro atoms. The van der Waals surface area contributed by atoms with Crippen molar-refractivity contribution in [1.29, 1.82) is 5.26 Å². The molecular weight excluding hydrogens is 488 g/mol. The molecule has 0 atom stereocenters. The second kappa shape index (κ2) is 12.3. The van der Waals surface area contributed by atoms with Crippen molar-refractivity contribution in [3.8, 4) is 17.3 Å². The topological polar surface area (TPSA) is 144 Å². The van der Waals surface area contributed by atoms with Crippen molar-refractivity contribution in [2.24, 2.45) is 0 Å². The van der Waals surface area contributed by atoms with E-state index in [4.69, 9.17) is 10.5 Å². The molecule has 192 valence electrons. The van der Waals surface area contributed by atoms with Crippen molar-refractivity contribution in [2.75, 3.05) is 11.1 Å². The van der Waals surface area contributed by atoms with Crippen LogP contribution in [0.2, 0.25) is 0 Å². The number of ether oxygens (including phenoxy) is 1. The average Bonchev–Trinajstić information content (AvgIpc) is 2.82. The van der Waals surface area contributed by atoms with Gasteiger partial charge in [-0.1, -0.05) is 30.0 Å². The van der Waals surface area contributed by atoms with Gasteiger partial charge >= 0.3 is 5.97 Å². The maximum atomic E-state index is 11.9. The maximum Gasteiger partial charge on any atom is 0.306 e. The Hall–Kier alpha value is -3.97. The zero-order valence-electron chi connectivity index (χ0n) is 21.4. The Morgan fingerprint density at radius 2 is 1.78 bits per heavy atom. The van der Waals surface area contributed by atoms with Gasteiger partial charge in [0.15, 0.2) is 5.16 Å². The number of nitrogens with one attached hydrogen (secondary N) is 1. The van der Waals surface area contributed by atoms with Crippen LogP contribution in [0.1, 0.15) is 57.5 Å². The van der Waals surface area contributed by atoms with Gasteiger partial charge in [0.2, 0.25) is 5.91 Å². The highest BCUT2D eigenvalue weighted by atomic mass is 32.2. The number of aryl methyl sites for hydroxylation is 1. The number of carbonyl (C=O) groups excluding carboxylic acids is 2. The fraction of sp³-hybridized carbons (Fsp3) is 0.333. The van der Waals surface area contributed by atoms with Gasteiger partial charge in [-0.05, 0) is 57.9 Å². The predicted octanol–water partition coefficient (Wildman–Crippen LogP) is 4.91. The highest BCUT2D eigenvalue weighted by Gasteiger charge is 2.17. The number of nitriles is 1. The summed E-state index contributed by atoms with van der Waals surface area (Å²) in [7, 11) is 0. The Balaban J connectivity index is 1.68. The summed E-state index contributed by atoms with van der Waals surface area (Å²) in [6.45, 7) is 6.99. The number of amides is 1. The summed E-state index contributed by atoms with van der Waals surface area (Å²) in [6, 6.07) is 14.9. The molecule has 0 aliphatic heterocycles. The number of esters is 1. The molecule has 0 saturated heterocycles. The van der Waals surface area contributed by atoms with Gasteiger partial charge in [-0.2, -0.15) is 5.26 Å². The number of hydrogen-bond acceptors (Lipinski definition) is 9. The minimum absolute atomic E-state index is 0.102. The first kappa shape index (κ1) is 27.6. The molecule has 1 aromatic carbocycles. The molecule has 3 N–H and O–H groups in total. The van der Waals surface area contributed by atoms with Gasteiger partial charge in [0.25, 0.3) is 0 Å². The second-order valence-corrected chi connectivity index (χ2v) is 10.3. The van der Waals surface area contributed by atoms with E-state index < -0.39 is 5.60 Å². The van der Waals surface area contributed by atoms with Crippen molar-refractivity contribution in [1.82, 2.24) is 15.0 Å². The van der Waals surface area contributed by atoms with Crippen LogP contribution in [-0.2, 0) is 26.5 Å². The third-order valence-corrected chi connectivity index (χ3v) is 5.84. The summed E-state index contributed by atoms with van der Waals surface area (Å²) < 4.78 is 5.35. The highest BCUT2D eigenvalue weighted by molar-refractivity contribution is 7.98. The van der Waals surface area contributed by atoms with E-state index in [1.165, 1.54) is 18.7 Å². The third kappa shape index (κ3) is 8.58. The molecule has 0 aliphatic rings. The molecule has 3 rings (SSSR count). The number of nitrogens with zero attached hydrogens (tertiary/aromatic N) is 4. The van der Waals surface area contributed by atoms with Gasteiger partial charge < -0.3 is 15.8 Å². The number of nitrogens with two attached hydrogens (primary N) is 1. The molecule has 2 aromatic heterocycles. The van der Waals surface area contributed by atoms with Crippen molar-refractivity contribution in [3.05, 3.63) is 59.4 Å². The molecule has 0 unspecified atom stereocenters. The first-order chi connectivity index (χ1) is 17.5. The van der Waals surface area contributed by atoms with Gasteiger partial charge in [-0.15, -0.1) is 0 Å². The lowest BCUT2D eigenvalue weighted by molar-refractivity contribution is -0.154. The van der Waals surface area contributed by atoms with E-state index in [1.807, 2.05) is 39.0 Å². The van der Waals surface area contributed by atoms with Crippen LogP contribution in [0.25, 0.3) is 11.3 Å². The van der Waals surface area contributed by atoms with E-state index in [0.29, 0.717) is 47.1 Å². The van der Waals surface area contributed by atoms with E-state index in [9.17, 15) is 14.9 Å². The molecule has 0 aliphatic carbocycles. The molecule has 3 aromatic rings. The maximum absolute atomic E-state index is 11.9. The predicted molar refractivity (Wildman–Crippen MR) is 143 cm³/mol. The van der Waals surface area contributed by atoms with E-state index in [-0.39, 0.29) is 23.3 Å². The fourth-order valence-electron chi connectivity index (χ4n) is 3.45. The lowest BCUT2D eigenvalue weighted by Crippen LogP contribution is -2.23. The van der Waals surface area contributed by atoms with Gasteiger partial charge in [0.05, 0.1) is 11.4 Å². The third-order valence-electron chi connectivity index (χ3n) is 4.95. The summed E-state index contributed by atoms with van der Waals surface area (Å²) in [6.07, 6.45) is 1.65. The first-order valence-electron chi connectivity index (χ1n) is 11.8. The number of nitrogen functional groups attached to an aromatic ring is 1. The van der Waals surface area contributed by atoms with E-state index >= 15 is 0 Å². The highest BCUT2D eigenvalue weighted by Crippen LogP contribution is 2.29. The first-order valence-corrected chi connectivity index (χ1v) is 12.8. The molecular formula is C27H30N6O3S. The molecule has 1 amide bonds. The largest absolute Gasteiger partial charge is 0.460 e. The molecule has 0 bridgehead atoms. The summed E-state index contributed by atoms with van der Waals surface area (Å²) >= 11 is 1.37. The van der Waals surface area contributed by atoms with Crippen LogP contribution in [0.3, 0.4) is 0 Å². The smallest absolute Gasteiger partial charge is 0.306 e. The summed E-state index contributed by atoms with van der Waals surface area (Å²) in [5.41, 5.74) is 9.27. The van der Waals surface area contributed by atoms with Crippen LogP contribution in [-0.4, -0.2) is 32.4 Å². The second-order valence-electron chi connectivity index (χ2n) is 9.33. The molecule has 0 radical (unpaired) electrons. The zero-order valence-corrected chi connectivity index (χ0v) is 22.2. The van der Waals surface area contributed by atoms with Gasteiger partial charge in [-0.3, -0.25) is 14.6 Å². The lowest BCUT2D eigenvalue weighted by atomic mass is 10.1. The lowest BCUT2D eigenvalue weighted by Gasteiger charge is -2.19. The quantitative estimate of drug-likeness (QED) is 0.229. The zero-order chi connectivity index (χ0) is 27.0. The van der Waals surface area contributed by atoms with Crippen LogP contribution in [0.4, 0.5) is 11.5 Å². The van der Waals surface area contributed by atoms with E-state index in [0.717, 1.165) is 11.4 Å². The Morgan fingerprint density at radius 3 is 2.43 bits per heavy atom. The molecule has 0 saturated carbocycles. The van der Waals surface area contributed by atoms with Crippen LogP contribution in [0.5, 0.6) is 0 Å². The average molecular weight is 519 g/mol. The van der Waals surface area contributed by atoms with Crippen LogP contribution < -0.4 is 11.1 Å². The Morgan fingerprint density at radius 1 is 1.08 bits per heavy atom. The number of aromatic nitrogens is 3. The minimum atomic E-state index is -0.487. The number of thioether (sulfide) groups is 1. The molecule has 0 fully saturated rings. The van der Waals surface area contributed by atoms with Crippen LogP contribution in [0.15, 0.2) is 47.6 Å². The van der Waals surface area contributed by atoms with Crippen molar-refractivity contribution < 1.29 is 14.3 Å². The number of rotatable bonds is 9. The Labute approximate surface area is 220 Å². The van der Waals surface area contributed by atoms with Gasteiger partial charge in [-0.25, -0.2) is 9.97 Å². The van der Waals surface area contributed by atoms with Crippen LogP contribution >= 0.6 is 11.8 Å². The SMILES string of the molecule is CC(=O)Nc1ccc(-c2nc(SCc3cccc(CCCC(=O)OC(C)(C)C)n3)nc(N)c2C#N)cc1.